The molecule has 0 saturated heterocycles. The van der Waals surface area contributed by atoms with Gasteiger partial charge in [-0.15, -0.1) is 5.10 Å². The van der Waals surface area contributed by atoms with E-state index in [4.69, 9.17) is 10.5 Å². The van der Waals surface area contributed by atoms with Crippen molar-refractivity contribution in [3.63, 3.8) is 0 Å². The summed E-state index contributed by atoms with van der Waals surface area (Å²) in [6.07, 6.45) is 3.66. The molecule has 0 amide bonds. The highest BCUT2D eigenvalue weighted by Crippen LogP contribution is 2.50. The van der Waals surface area contributed by atoms with Gasteiger partial charge in [0.1, 0.15) is 5.75 Å². The average Bonchev–Trinajstić information content (AvgIpc) is 3.09. The first-order valence-electron chi connectivity index (χ1n) is 6.87. The summed E-state index contributed by atoms with van der Waals surface area (Å²) >= 11 is 0. The molecule has 6 heteroatoms. The molecular weight excluding hydrogens is 254 g/mol. The Bertz CT molecular complexity index is 618. The van der Waals surface area contributed by atoms with E-state index in [9.17, 15) is 0 Å². The highest BCUT2D eigenvalue weighted by Gasteiger charge is 2.42. The van der Waals surface area contributed by atoms with E-state index in [1.54, 1.807) is 13.2 Å². The minimum Gasteiger partial charge on any atom is -0.496 e. The summed E-state index contributed by atoms with van der Waals surface area (Å²) in [4.78, 5) is 0. The van der Waals surface area contributed by atoms with Crippen LogP contribution in [0.4, 0.5) is 5.69 Å². The monoisotopic (exact) mass is 273 g/mol. The standard InChI is InChI=1S/C14H19N5O/c1-3-14(6-7-14)9-19-13(16-17-18-19)11-5-4-10(15)8-12(11)20-2/h4-5,8H,3,6-7,9,15H2,1-2H3. The predicted octanol–water partition coefficient (Wildman–Crippen LogP) is 2.12. The number of aromatic nitrogens is 4. The van der Waals surface area contributed by atoms with Crippen LogP contribution in [0.1, 0.15) is 26.2 Å². The van der Waals surface area contributed by atoms with E-state index in [2.05, 4.69) is 22.4 Å². The van der Waals surface area contributed by atoms with Crippen LogP contribution in [0.3, 0.4) is 0 Å². The lowest BCUT2D eigenvalue weighted by Gasteiger charge is -2.14. The van der Waals surface area contributed by atoms with E-state index in [1.807, 2.05) is 16.8 Å². The van der Waals surface area contributed by atoms with Crippen molar-refractivity contribution in [3.8, 4) is 17.1 Å². The Morgan fingerprint density at radius 3 is 2.85 bits per heavy atom. The molecule has 0 unspecified atom stereocenters. The van der Waals surface area contributed by atoms with Gasteiger partial charge in [-0.1, -0.05) is 6.92 Å². The second-order valence-corrected chi connectivity index (χ2v) is 5.47. The summed E-state index contributed by atoms with van der Waals surface area (Å²) in [7, 11) is 1.63. The van der Waals surface area contributed by atoms with Crippen molar-refractivity contribution in [2.45, 2.75) is 32.7 Å². The molecule has 1 saturated carbocycles. The first kappa shape index (κ1) is 12.9. The molecule has 0 atom stereocenters. The second-order valence-electron chi connectivity index (χ2n) is 5.47. The maximum Gasteiger partial charge on any atom is 0.185 e. The summed E-state index contributed by atoms with van der Waals surface area (Å²) < 4.78 is 7.27. The largest absolute Gasteiger partial charge is 0.496 e. The molecule has 20 heavy (non-hydrogen) atoms. The van der Waals surface area contributed by atoms with Crippen LogP contribution in [-0.4, -0.2) is 27.3 Å². The van der Waals surface area contributed by atoms with Crippen LogP contribution in [0.25, 0.3) is 11.4 Å². The quantitative estimate of drug-likeness (QED) is 0.844. The van der Waals surface area contributed by atoms with Gasteiger partial charge < -0.3 is 10.5 Å². The topological polar surface area (TPSA) is 78.9 Å². The molecule has 0 spiro atoms. The maximum absolute atomic E-state index is 5.79. The van der Waals surface area contributed by atoms with Gasteiger partial charge in [0.25, 0.3) is 0 Å². The number of tetrazole rings is 1. The SMILES string of the molecule is CCC1(Cn2nnnc2-c2ccc(N)cc2OC)CC1. The van der Waals surface area contributed by atoms with E-state index in [1.165, 1.54) is 12.8 Å². The van der Waals surface area contributed by atoms with E-state index in [0.717, 1.165) is 24.4 Å². The molecule has 0 aliphatic heterocycles. The number of hydrogen-bond acceptors (Lipinski definition) is 5. The van der Waals surface area contributed by atoms with Gasteiger partial charge in [-0.25, -0.2) is 4.68 Å². The third-order valence-corrected chi connectivity index (χ3v) is 4.19. The summed E-state index contributed by atoms with van der Waals surface area (Å²) in [6.45, 7) is 3.08. The highest BCUT2D eigenvalue weighted by molar-refractivity contribution is 5.67. The number of methoxy groups -OCH3 is 1. The molecule has 1 aromatic carbocycles. The molecule has 2 N–H and O–H groups in total. The average molecular weight is 273 g/mol. The molecule has 1 heterocycles. The zero-order chi connectivity index (χ0) is 14.2. The molecule has 1 aromatic heterocycles. The van der Waals surface area contributed by atoms with E-state index < -0.39 is 0 Å². The summed E-state index contributed by atoms with van der Waals surface area (Å²) in [6, 6.07) is 5.53. The van der Waals surface area contributed by atoms with Crippen molar-refractivity contribution in [1.29, 1.82) is 0 Å². The first-order valence-corrected chi connectivity index (χ1v) is 6.87. The van der Waals surface area contributed by atoms with Crippen LogP contribution in [0.2, 0.25) is 0 Å². The van der Waals surface area contributed by atoms with Crippen LogP contribution < -0.4 is 10.5 Å². The fourth-order valence-electron chi connectivity index (χ4n) is 2.51. The molecule has 0 bridgehead atoms. The fourth-order valence-corrected chi connectivity index (χ4v) is 2.51. The van der Waals surface area contributed by atoms with Crippen LogP contribution in [-0.2, 0) is 6.54 Å². The molecule has 1 aliphatic carbocycles. The zero-order valence-electron chi connectivity index (χ0n) is 11.8. The maximum atomic E-state index is 5.79. The minimum atomic E-state index is 0.380. The van der Waals surface area contributed by atoms with E-state index in [-0.39, 0.29) is 0 Å². The highest BCUT2D eigenvalue weighted by atomic mass is 16.5. The molecule has 1 aliphatic rings. The van der Waals surface area contributed by atoms with Gasteiger partial charge in [-0.2, -0.15) is 0 Å². The normalized spacial score (nSPS) is 16.1. The number of nitrogens with zero attached hydrogens (tertiary/aromatic N) is 4. The number of rotatable bonds is 5. The number of anilines is 1. The first-order chi connectivity index (χ1) is 9.67. The molecule has 1 fully saturated rings. The lowest BCUT2D eigenvalue weighted by molar-refractivity contribution is 0.380. The lowest BCUT2D eigenvalue weighted by atomic mass is 10.0. The van der Waals surface area contributed by atoms with E-state index >= 15 is 0 Å². The lowest BCUT2D eigenvalue weighted by Crippen LogP contribution is -2.13. The summed E-state index contributed by atoms with van der Waals surface area (Å²) in [5.41, 5.74) is 7.71. The fraction of sp³-hybridized carbons (Fsp3) is 0.500. The van der Waals surface area contributed by atoms with Crippen molar-refractivity contribution < 1.29 is 4.74 Å². The minimum absolute atomic E-state index is 0.380. The van der Waals surface area contributed by atoms with E-state index in [0.29, 0.717) is 16.9 Å². The van der Waals surface area contributed by atoms with Crippen LogP contribution in [0.15, 0.2) is 18.2 Å². The van der Waals surface area contributed by atoms with Gasteiger partial charge in [-0.05, 0) is 47.2 Å². The number of nitrogen functional groups attached to an aromatic ring is 1. The Morgan fingerprint density at radius 1 is 1.40 bits per heavy atom. The molecule has 106 valence electrons. The second kappa shape index (κ2) is 4.77. The molecule has 6 nitrogen and oxygen atoms in total. The molecular formula is C14H19N5O. The Balaban J connectivity index is 1.97. The Kier molecular flexibility index (Phi) is 3.08. The van der Waals surface area contributed by atoms with Crippen LogP contribution in [0.5, 0.6) is 5.75 Å². The number of nitrogens with two attached hydrogens (primary N) is 1. The molecule has 2 aromatic rings. The summed E-state index contributed by atoms with van der Waals surface area (Å²) in [5.74, 6) is 1.43. The summed E-state index contributed by atoms with van der Waals surface area (Å²) in [5, 5.41) is 12.1. The third-order valence-electron chi connectivity index (χ3n) is 4.19. The van der Waals surface area contributed by atoms with Gasteiger partial charge in [0.05, 0.1) is 19.2 Å². The molecule has 0 radical (unpaired) electrons. The number of ether oxygens (including phenoxy) is 1. The molecule has 3 rings (SSSR count). The van der Waals surface area contributed by atoms with Crippen molar-refractivity contribution in [1.82, 2.24) is 20.2 Å². The van der Waals surface area contributed by atoms with Crippen molar-refractivity contribution in [2.75, 3.05) is 12.8 Å². The van der Waals surface area contributed by atoms with Gasteiger partial charge in [0.15, 0.2) is 5.82 Å². The van der Waals surface area contributed by atoms with Crippen molar-refractivity contribution >= 4 is 5.69 Å². The Morgan fingerprint density at radius 2 is 2.20 bits per heavy atom. The number of benzene rings is 1. The Hall–Kier alpha value is -2.11. The van der Waals surface area contributed by atoms with Gasteiger partial charge in [-0.3, -0.25) is 0 Å². The van der Waals surface area contributed by atoms with Crippen molar-refractivity contribution in [3.05, 3.63) is 18.2 Å². The van der Waals surface area contributed by atoms with Crippen LogP contribution in [0, 0.1) is 5.41 Å². The Labute approximate surface area is 117 Å². The number of hydrogen-bond donors (Lipinski definition) is 1. The van der Waals surface area contributed by atoms with Gasteiger partial charge >= 0.3 is 0 Å². The predicted molar refractivity (Wildman–Crippen MR) is 76.2 cm³/mol. The van der Waals surface area contributed by atoms with Crippen molar-refractivity contribution in [2.24, 2.45) is 5.41 Å². The van der Waals surface area contributed by atoms with Gasteiger partial charge in [0.2, 0.25) is 0 Å². The van der Waals surface area contributed by atoms with Gasteiger partial charge in [0, 0.05) is 11.8 Å². The van der Waals surface area contributed by atoms with Crippen LogP contribution >= 0.6 is 0 Å². The smallest absolute Gasteiger partial charge is 0.185 e. The third kappa shape index (κ3) is 2.21. The zero-order valence-corrected chi connectivity index (χ0v) is 11.8.